The number of para-hydroxylation sites is 1. The maximum Gasteiger partial charge on any atom is 0.217 e. The largest absolute Gasteiger partial charge is 0.481 e. The highest BCUT2D eigenvalue weighted by Gasteiger charge is 2.22. The van der Waals surface area contributed by atoms with E-state index in [9.17, 15) is 4.39 Å². The van der Waals surface area contributed by atoms with Gasteiger partial charge in [0.05, 0.1) is 12.6 Å². The number of aromatic nitrogens is 1. The maximum atomic E-state index is 14.2. The summed E-state index contributed by atoms with van der Waals surface area (Å²) in [6, 6.07) is 15.4. The van der Waals surface area contributed by atoms with Gasteiger partial charge in [-0.2, -0.15) is 0 Å². The Morgan fingerprint density at radius 2 is 1.94 bits per heavy atom. The number of ether oxygens (including phenoxy) is 1. The Hall–Kier alpha value is -2.98. The van der Waals surface area contributed by atoms with Gasteiger partial charge in [0.25, 0.3) is 0 Å². The smallest absolute Gasteiger partial charge is 0.217 e. The summed E-state index contributed by atoms with van der Waals surface area (Å²) in [5, 5.41) is 1.15. The van der Waals surface area contributed by atoms with Crippen molar-refractivity contribution < 1.29 is 9.13 Å². The summed E-state index contributed by atoms with van der Waals surface area (Å²) in [6.07, 6.45) is 10.4. The molecule has 34 heavy (non-hydrogen) atoms. The van der Waals surface area contributed by atoms with Crippen LogP contribution in [0.2, 0.25) is 0 Å². The van der Waals surface area contributed by atoms with Crippen LogP contribution >= 0.6 is 0 Å². The number of nitrogens with zero attached hydrogens (tertiary/aromatic N) is 2. The molecule has 0 saturated carbocycles. The molecule has 1 aliphatic carbocycles. The summed E-state index contributed by atoms with van der Waals surface area (Å²) in [5.74, 6) is 1.22. The van der Waals surface area contributed by atoms with Crippen molar-refractivity contribution in [1.29, 1.82) is 0 Å². The lowest BCUT2D eigenvalue weighted by molar-refractivity contribution is 0.378. The number of allylic oxidation sites excluding steroid dienone is 4. The van der Waals surface area contributed by atoms with Crippen molar-refractivity contribution in [2.24, 2.45) is 5.92 Å². The van der Waals surface area contributed by atoms with Gasteiger partial charge in [-0.15, -0.1) is 0 Å². The fourth-order valence-corrected chi connectivity index (χ4v) is 4.93. The van der Waals surface area contributed by atoms with E-state index >= 15 is 0 Å². The Labute approximate surface area is 203 Å². The van der Waals surface area contributed by atoms with E-state index in [1.807, 2.05) is 18.2 Å². The molecular formula is C30H35FN2O. The zero-order valence-corrected chi connectivity index (χ0v) is 20.7. The number of hydrogen-bond acceptors (Lipinski definition) is 3. The average Bonchev–Trinajstić information content (AvgIpc) is 2.82. The molecule has 1 aliphatic rings. The second-order valence-corrected chi connectivity index (χ2v) is 9.68. The van der Waals surface area contributed by atoms with E-state index in [0.29, 0.717) is 11.8 Å². The molecule has 0 spiro atoms. The zero-order chi connectivity index (χ0) is 24.1. The van der Waals surface area contributed by atoms with Gasteiger partial charge in [-0.25, -0.2) is 9.37 Å². The summed E-state index contributed by atoms with van der Waals surface area (Å²) >= 11 is 0. The number of halogens is 1. The van der Waals surface area contributed by atoms with E-state index in [1.54, 1.807) is 13.2 Å². The van der Waals surface area contributed by atoms with Gasteiger partial charge in [0.15, 0.2) is 0 Å². The minimum atomic E-state index is -0.184. The molecule has 2 aromatic carbocycles. The molecule has 0 amide bonds. The van der Waals surface area contributed by atoms with Crippen LogP contribution in [0, 0.1) is 11.7 Å². The molecule has 4 rings (SSSR count). The van der Waals surface area contributed by atoms with Crippen LogP contribution in [-0.2, 0) is 12.8 Å². The fraction of sp³-hybridized carbons (Fsp3) is 0.367. The number of hydrogen-bond donors (Lipinski definition) is 0. The van der Waals surface area contributed by atoms with Gasteiger partial charge in [-0.1, -0.05) is 55.5 Å². The number of benzene rings is 2. The van der Waals surface area contributed by atoms with Crippen LogP contribution in [0.15, 0.2) is 72.3 Å². The molecule has 0 N–H and O–H groups in total. The van der Waals surface area contributed by atoms with Crippen molar-refractivity contribution in [3.63, 3.8) is 0 Å². The molecule has 0 saturated heterocycles. The third-order valence-corrected chi connectivity index (χ3v) is 6.68. The molecule has 1 aromatic heterocycles. The quantitative estimate of drug-likeness (QED) is 0.356. The SMILES string of the molecule is COc1nc2ccccc2c(CC(CCN(C)C)c2cccc(F)c2)c1CC1=CC(C)CC=C1. The van der Waals surface area contributed by atoms with E-state index in [0.717, 1.165) is 54.3 Å². The van der Waals surface area contributed by atoms with Crippen molar-refractivity contribution >= 4 is 10.9 Å². The highest BCUT2D eigenvalue weighted by atomic mass is 19.1. The lowest BCUT2D eigenvalue weighted by Gasteiger charge is -2.24. The molecule has 2 atom stereocenters. The summed E-state index contributed by atoms with van der Waals surface area (Å²) in [5.41, 5.74) is 5.66. The van der Waals surface area contributed by atoms with Gasteiger partial charge < -0.3 is 9.64 Å². The maximum absolute atomic E-state index is 14.2. The topological polar surface area (TPSA) is 25.4 Å². The number of rotatable bonds is 9. The Balaban J connectivity index is 1.83. The molecule has 178 valence electrons. The van der Waals surface area contributed by atoms with Crippen molar-refractivity contribution in [1.82, 2.24) is 9.88 Å². The standard InChI is InChI=1S/C30H35FN2O/c1-21-9-7-10-22(17-21)18-28-27(26-13-5-6-14-29(26)32-30(28)34-4)20-24(15-16-33(2)3)23-11-8-12-25(31)19-23/h5-8,10-14,17,19,21,24H,9,15-16,18,20H2,1-4H3. The van der Waals surface area contributed by atoms with Crippen LogP contribution in [-0.4, -0.2) is 37.6 Å². The summed E-state index contributed by atoms with van der Waals surface area (Å²) in [4.78, 5) is 7.06. The predicted molar refractivity (Wildman–Crippen MR) is 139 cm³/mol. The Bertz CT molecular complexity index is 1200. The Morgan fingerprint density at radius 1 is 1.12 bits per heavy atom. The second-order valence-electron chi connectivity index (χ2n) is 9.68. The van der Waals surface area contributed by atoms with E-state index < -0.39 is 0 Å². The fourth-order valence-electron chi connectivity index (χ4n) is 4.93. The first-order valence-electron chi connectivity index (χ1n) is 12.2. The normalized spacial score (nSPS) is 16.6. The van der Waals surface area contributed by atoms with Crippen LogP contribution in [0.5, 0.6) is 5.88 Å². The zero-order valence-electron chi connectivity index (χ0n) is 20.7. The van der Waals surface area contributed by atoms with Crippen molar-refractivity contribution in [2.45, 2.75) is 38.5 Å². The van der Waals surface area contributed by atoms with E-state index in [-0.39, 0.29) is 11.7 Å². The minimum Gasteiger partial charge on any atom is -0.481 e. The molecule has 1 heterocycles. The Morgan fingerprint density at radius 3 is 2.68 bits per heavy atom. The average molecular weight is 459 g/mol. The second kappa shape index (κ2) is 11.0. The lowest BCUT2D eigenvalue weighted by Crippen LogP contribution is -2.18. The molecule has 0 radical (unpaired) electrons. The third-order valence-electron chi connectivity index (χ3n) is 6.68. The van der Waals surface area contributed by atoms with Gasteiger partial charge in [0.2, 0.25) is 5.88 Å². The Kier molecular flexibility index (Phi) is 7.79. The highest BCUT2D eigenvalue weighted by Crippen LogP contribution is 2.36. The molecule has 2 unspecified atom stereocenters. The molecule has 0 bridgehead atoms. The monoisotopic (exact) mass is 458 g/mol. The third kappa shape index (κ3) is 5.74. The van der Waals surface area contributed by atoms with Crippen molar-refractivity contribution in [3.05, 3.63) is 94.8 Å². The van der Waals surface area contributed by atoms with E-state index in [2.05, 4.69) is 62.3 Å². The van der Waals surface area contributed by atoms with Gasteiger partial charge in [-0.3, -0.25) is 0 Å². The molecule has 0 fully saturated rings. The first-order valence-corrected chi connectivity index (χ1v) is 12.2. The molecular weight excluding hydrogens is 423 g/mol. The lowest BCUT2D eigenvalue weighted by atomic mass is 9.84. The van der Waals surface area contributed by atoms with Crippen molar-refractivity contribution in [2.75, 3.05) is 27.7 Å². The van der Waals surface area contributed by atoms with Crippen LogP contribution in [0.4, 0.5) is 4.39 Å². The summed E-state index contributed by atoms with van der Waals surface area (Å²) < 4.78 is 20.0. The van der Waals surface area contributed by atoms with Gasteiger partial charge >= 0.3 is 0 Å². The van der Waals surface area contributed by atoms with Gasteiger partial charge in [0.1, 0.15) is 5.82 Å². The van der Waals surface area contributed by atoms with Crippen LogP contribution < -0.4 is 4.74 Å². The highest BCUT2D eigenvalue weighted by molar-refractivity contribution is 5.84. The molecule has 0 aliphatic heterocycles. The predicted octanol–water partition coefficient (Wildman–Crippen LogP) is 6.73. The number of methoxy groups -OCH3 is 1. The van der Waals surface area contributed by atoms with Crippen LogP contribution in [0.3, 0.4) is 0 Å². The van der Waals surface area contributed by atoms with Crippen LogP contribution in [0.25, 0.3) is 10.9 Å². The number of pyridine rings is 1. The molecule has 3 nitrogen and oxygen atoms in total. The first-order chi connectivity index (χ1) is 16.4. The van der Waals surface area contributed by atoms with Crippen molar-refractivity contribution in [3.8, 4) is 5.88 Å². The first kappa shape index (κ1) is 24.2. The summed E-state index contributed by atoms with van der Waals surface area (Å²) in [6.45, 7) is 3.18. The number of fused-ring (bicyclic) bond motifs is 1. The van der Waals surface area contributed by atoms with Gasteiger partial charge in [0, 0.05) is 17.4 Å². The van der Waals surface area contributed by atoms with E-state index in [4.69, 9.17) is 9.72 Å². The van der Waals surface area contributed by atoms with Crippen LogP contribution in [0.1, 0.15) is 42.4 Å². The molecule has 4 heteroatoms. The summed E-state index contributed by atoms with van der Waals surface area (Å²) in [7, 11) is 5.87. The van der Waals surface area contributed by atoms with E-state index in [1.165, 1.54) is 17.2 Å². The van der Waals surface area contributed by atoms with Gasteiger partial charge in [-0.05, 0) is 86.6 Å². The molecule has 3 aromatic rings. The minimum absolute atomic E-state index is 0.183.